The van der Waals surface area contributed by atoms with Crippen LogP contribution in [0.4, 0.5) is 13.2 Å². The highest BCUT2D eigenvalue weighted by Crippen LogP contribution is 2.20. The number of rotatable bonds is 6. The fraction of sp³-hybridized carbons (Fsp3) is 0.769. The first-order valence-electron chi connectivity index (χ1n) is 6.85. The normalized spacial score (nSPS) is 27.4. The summed E-state index contributed by atoms with van der Waals surface area (Å²) in [6.07, 6.45) is -3.66. The number of carbonyl (C=O) groups is 1. The number of allylic oxidation sites excluding steroid dienone is 1. The number of alkyl halides is 3. The van der Waals surface area contributed by atoms with Crippen LogP contribution in [0.3, 0.4) is 0 Å². The van der Waals surface area contributed by atoms with Gasteiger partial charge in [0.05, 0.1) is 24.8 Å². The van der Waals surface area contributed by atoms with E-state index in [1.165, 1.54) is 0 Å². The van der Waals surface area contributed by atoms with Gasteiger partial charge < -0.3 is 15.5 Å². The summed E-state index contributed by atoms with van der Waals surface area (Å²) < 4.78 is 35.9. The van der Waals surface area contributed by atoms with Crippen LogP contribution in [0.5, 0.6) is 0 Å². The smallest absolute Gasteiger partial charge is 0.395 e. The summed E-state index contributed by atoms with van der Waals surface area (Å²) in [6, 6.07) is -1.09. The fourth-order valence-electron chi connectivity index (χ4n) is 2.36. The van der Waals surface area contributed by atoms with E-state index >= 15 is 0 Å². The van der Waals surface area contributed by atoms with Gasteiger partial charge in [-0.05, 0) is 6.42 Å². The molecule has 0 radical (unpaired) electrons. The third kappa shape index (κ3) is 5.64. The molecule has 1 saturated heterocycles. The number of amides is 1. The van der Waals surface area contributed by atoms with Gasteiger partial charge in [-0.1, -0.05) is 13.0 Å². The lowest BCUT2D eigenvalue weighted by molar-refractivity contribution is -0.122. The predicted octanol–water partition coefficient (Wildman–Crippen LogP) is 0.427. The molecule has 5 nitrogen and oxygen atoms in total. The molecular weight excluding hydrogens is 289 g/mol. The molecule has 0 aromatic carbocycles. The number of likely N-dealkylation sites (tertiary alicyclic amines) is 1. The second kappa shape index (κ2) is 7.77. The van der Waals surface area contributed by atoms with Crippen LogP contribution < -0.4 is 5.32 Å². The second-order valence-corrected chi connectivity index (χ2v) is 5.00. The maximum Gasteiger partial charge on any atom is 0.409 e. The lowest BCUT2D eigenvalue weighted by Crippen LogP contribution is -2.45. The van der Waals surface area contributed by atoms with Gasteiger partial charge in [0.15, 0.2) is 0 Å². The van der Waals surface area contributed by atoms with Crippen molar-refractivity contribution < 1.29 is 28.2 Å². The van der Waals surface area contributed by atoms with Crippen molar-refractivity contribution >= 4 is 5.91 Å². The molecule has 0 aliphatic carbocycles. The van der Waals surface area contributed by atoms with Crippen molar-refractivity contribution in [1.29, 1.82) is 0 Å². The molecule has 1 amide bonds. The minimum absolute atomic E-state index is 0.150. The van der Waals surface area contributed by atoms with Gasteiger partial charge in [-0.15, -0.1) is 0 Å². The van der Waals surface area contributed by atoms with Crippen LogP contribution in [0.25, 0.3) is 0 Å². The number of halogens is 3. The van der Waals surface area contributed by atoms with Gasteiger partial charge in [-0.3, -0.25) is 9.69 Å². The Bertz CT molecular complexity index is 374. The SMILES string of the molecule is CCC(=O)N[C@H]1CN(CC/C=C\C(F)(F)F)[C@@H](CO)[C@@H]1O. The maximum absolute atomic E-state index is 12.0. The van der Waals surface area contributed by atoms with Crippen molar-refractivity contribution in [2.45, 2.75) is 44.1 Å². The van der Waals surface area contributed by atoms with Crippen molar-refractivity contribution in [3.63, 3.8) is 0 Å². The zero-order valence-electron chi connectivity index (χ0n) is 11.8. The van der Waals surface area contributed by atoms with Crippen LogP contribution >= 0.6 is 0 Å². The minimum Gasteiger partial charge on any atom is -0.395 e. The van der Waals surface area contributed by atoms with Gasteiger partial charge in [0.2, 0.25) is 5.91 Å². The van der Waals surface area contributed by atoms with E-state index in [0.717, 1.165) is 6.08 Å². The largest absolute Gasteiger partial charge is 0.409 e. The molecule has 1 fully saturated rings. The Balaban J connectivity index is 2.53. The number of hydrogen-bond donors (Lipinski definition) is 3. The first-order valence-corrected chi connectivity index (χ1v) is 6.85. The van der Waals surface area contributed by atoms with E-state index in [-0.39, 0.29) is 38.0 Å². The molecule has 1 aliphatic heterocycles. The summed E-state index contributed by atoms with van der Waals surface area (Å²) in [5.41, 5.74) is 0. The molecule has 1 rings (SSSR count). The second-order valence-electron chi connectivity index (χ2n) is 5.00. The average Bonchev–Trinajstić information content (AvgIpc) is 2.69. The Labute approximate surface area is 121 Å². The molecule has 1 heterocycles. The van der Waals surface area contributed by atoms with Crippen molar-refractivity contribution in [2.75, 3.05) is 19.7 Å². The number of carbonyl (C=O) groups excluding carboxylic acids is 1. The lowest BCUT2D eigenvalue weighted by Gasteiger charge is -2.23. The van der Waals surface area contributed by atoms with E-state index in [9.17, 15) is 28.2 Å². The van der Waals surface area contributed by atoms with Gasteiger partial charge in [-0.2, -0.15) is 13.2 Å². The molecule has 0 bridgehead atoms. The van der Waals surface area contributed by atoms with Gasteiger partial charge in [-0.25, -0.2) is 0 Å². The first-order chi connectivity index (χ1) is 9.78. The van der Waals surface area contributed by atoms with Gasteiger partial charge in [0.1, 0.15) is 0 Å². The molecule has 0 aromatic heterocycles. The Morgan fingerprint density at radius 2 is 2.14 bits per heavy atom. The molecule has 0 spiro atoms. The maximum atomic E-state index is 12.0. The number of nitrogens with zero attached hydrogens (tertiary/aromatic N) is 1. The van der Waals surface area contributed by atoms with Crippen molar-refractivity contribution in [1.82, 2.24) is 10.2 Å². The molecule has 3 atom stereocenters. The van der Waals surface area contributed by atoms with Crippen molar-refractivity contribution in [3.05, 3.63) is 12.2 Å². The molecule has 122 valence electrons. The highest BCUT2D eigenvalue weighted by Gasteiger charge is 2.40. The topological polar surface area (TPSA) is 72.8 Å². The fourth-order valence-corrected chi connectivity index (χ4v) is 2.36. The lowest BCUT2D eigenvalue weighted by atomic mass is 10.1. The molecular formula is C13H21F3N2O3. The number of aliphatic hydroxyl groups is 2. The number of hydrogen-bond acceptors (Lipinski definition) is 4. The monoisotopic (exact) mass is 310 g/mol. The van der Waals surface area contributed by atoms with Crippen molar-refractivity contribution in [3.8, 4) is 0 Å². The minimum atomic E-state index is -4.33. The predicted molar refractivity (Wildman–Crippen MR) is 70.5 cm³/mol. The van der Waals surface area contributed by atoms with Crippen LogP contribution in [0, 0.1) is 0 Å². The summed E-state index contributed by atoms with van der Waals surface area (Å²) in [5, 5.41) is 22.0. The Kier molecular flexibility index (Phi) is 6.63. The number of nitrogens with one attached hydrogen (secondary N) is 1. The summed E-state index contributed by atoms with van der Waals surface area (Å²) in [7, 11) is 0. The van der Waals surface area contributed by atoms with Gasteiger partial charge in [0.25, 0.3) is 0 Å². The van der Waals surface area contributed by atoms with E-state index in [2.05, 4.69) is 5.32 Å². The zero-order valence-corrected chi connectivity index (χ0v) is 11.8. The molecule has 3 N–H and O–H groups in total. The third-order valence-electron chi connectivity index (χ3n) is 3.45. The highest BCUT2D eigenvalue weighted by atomic mass is 19.4. The molecule has 0 saturated carbocycles. The van der Waals surface area contributed by atoms with E-state index in [0.29, 0.717) is 6.54 Å². The molecule has 0 unspecified atom stereocenters. The molecule has 0 aromatic rings. The Morgan fingerprint density at radius 3 is 2.67 bits per heavy atom. The Hall–Kier alpha value is -1.12. The van der Waals surface area contributed by atoms with Crippen LogP contribution in [0.15, 0.2) is 12.2 Å². The molecule has 8 heteroatoms. The van der Waals surface area contributed by atoms with Gasteiger partial charge in [0, 0.05) is 25.6 Å². The summed E-state index contributed by atoms with van der Waals surface area (Å²) in [4.78, 5) is 13.0. The van der Waals surface area contributed by atoms with E-state index < -0.39 is 24.4 Å². The van der Waals surface area contributed by atoms with Crippen LogP contribution in [-0.2, 0) is 4.79 Å². The highest BCUT2D eigenvalue weighted by molar-refractivity contribution is 5.76. The van der Waals surface area contributed by atoms with Crippen molar-refractivity contribution in [2.24, 2.45) is 0 Å². The van der Waals surface area contributed by atoms with Crippen LogP contribution in [0.1, 0.15) is 19.8 Å². The molecule has 21 heavy (non-hydrogen) atoms. The first kappa shape index (κ1) is 17.9. The van der Waals surface area contributed by atoms with E-state index in [1.54, 1.807) is 11.8 Å². The number of aliphatic hydroxyl groups excluding tert-OH is 2. The Morgan fingerprint density at radius 1 is 1.48 bits per heavy atom. The average molecular weight is 310 g/mol. The zero-order chi connectivity index (χ0) is 16.0. The standard InChI is InChI=1S/C13H21F3N2O3/c1-2-11(20)17-9-7-18(10(8-19)12(9)21)6-4-3-5-13(14,15)16/h3,5,9-10,12,19,21H,2,4,6-8H2,1H3,(H,17,20)/b5-3-/t9-,10-,12+/m0/s1. The summed E-state index contributed by atoms with van der Waals surface area (Å²) >= 11 is 0. The summed E-state index contributed by atoms with van der Waals surface area (Å²) in [5.74, 6) is -0.213. The summed E-state index contributed by atoms with van der Waals surface area (Å²) in [6.45, 7) is 1.94. The van der Waals surface area contributed by atoms with E-state index in [1.807, 2.05) is 0 Å². The van der Waals surface area contributed by atoms with Crippen LogP contribution in [0.2, 0.25) is 0 Å². The molecule has 1 aliphatic rings. The van der Waals surface area contributed by atoms with Gasteiger partial charge >= 0.3 is 6.18 Å². The van der Waals surface area contributed by atoms with E-state index in [4.69, 9.17) is 0 Å². The quantitative estimate of drug-likeness (QED) is 0.622. The third-order valence-corrected chi connectivity index (χ3v) is 3.45. The van der Waals surface area contributed by atoms with Crippen LogP contribution in [-0.4, -0.2) is 65.1 Å².